The lowest BCUT2D eigenvalue weighted by Gasteiger charge is -2.31. The van der Waals surface area contributed by atoms with Crippen LogP contribution in [0.25, 0.3) is 5.76 Å². The molecule has 32 heavy (non-hydrogen) atoms. The number of halogens is 1. The van der Waals surface area contributed by atoms with Crippen LogP contribution >= 0.6 is 0 Å². The average Bonchev–Trinajstić information content (AvgIpc) is 3.18. The SMILES string of the molecule is Cc1nn(C)c(C)c1C(O)=C1C(=O)C(=O)N(CCN2CCOCC2)[C@H]1c1cccc(F)c1. The Morgan fingerprint density at radius 3 is 2.56 bits per heavy atom. The van der Waals surface area contributed by atoms with Gasteiger partial charge in [0, 0.05) is 38.9 Å². The summed E-state index contributed by atoms with van der Waals surface area (Å²) in [4.78, 5) is 29.7. The summed E-state index contributed by atoms with van der Waals surface area (Å²) in [5.41, 5.74) is 2.02. The maximum atomic E-state index is 14.1. The van der Waals surface area contributed by atoms with Gasteiger partial charge in [-0.05, 0) is 31.5 Å². The number of amides is 1. The zero-order valence-electron chi connectivity index (χ0n) is 18.5. The second-order valence-electron chi connectivity index (χ2n) is 8.17. The van der Waals surface area contributed by atoms with Crippen molar-refractivity contribution in [2.45, 2.75) is 19.9 Å². The van der Waals surface area contributed by atoms with Gasteiger partial charge in [-0.3, -0.25) is 19.2 Å². The van der Waals surface area contributed by atoms with Gasteiger partial charge in [-0.1, -0.05) is 12.1 Å². The average molecular weight is 442 g/mol. The van der Waals surface area contributed by atoms with Gasteiger partial charge in [-0.15, -0.1) is 0 Å². The number of nitrogens with zero attached hydrogens (tertiary/aromatic N) is 4. The fourth-order valence-corrected chi connectivity index (χ4v) is 4.46. The van der Waals surface area contributed by atoms with Crippen LogP contribution in [-0.4, -0.2) is 75.8 Å². The normalized spacial score (nSPS) is 21.5. The minimum absolute atomic E-state index is 0.0400. The van der Waals surface area contributed by atoms with Gasteiger partial charge < -0.3 is 14.7 Å². The summed E-state index contributed by atoms with van der Waals surface area (Å²) in [5.74, 6) is -2.24. The molecule has 0 aliphatic carbocycles. The van der Waals surface area contributed by atoms with Crippen molar-refractivity contribution in [2.75, 3.05) is 39.4 Å². The summed E-state index contributed by atoms with van der Waals surface area (Å²) in [5, 5.41) is 15.5. The Labute approximate surface area is 185 Å². The first-order valence-corrected chi connectivity index (χ1v) is 10.6. The van der Waals surface area contributed by atoms with E-state index in [1.54, 1.807) is 31.6 Å². The summed E-state index contributed by atoms with van der Waals surface area (Å²) < 4.78 is 21.1. The molecule has 0 bridgehead atoms. The third-order valence-electron chi connectivity index (χ3n) is 6.21. The Bertz CT molecular complexity index is 1090. The van der Waals surface area contributed by atoms with E-state index in [1.807, 2.05) is 0 Å². The number of hydrogen-bond acceptors (Lipinski definition) is 6. The molecule has 0 radical (unpaired) electrons. The van der Waals surface area contributed by atoms with Crippen LogP contribution in [0.1, 0.15) is 28.6 Å². The molecule has 2 aromatic rings. The standard InChI is InChI=1S/C23H27FN4O4/c1-14-18(15(2)26(3)25-14)21(29)19-20(16-5-4-6-17(24)13-16)28(23(31)22(19)30)8-7-27-9-11-32-12-10-27/h4-6,13,20,29H,7-12H2,1-3H3/t20-/m0/s1. The molecule has 170 valence electrons. The molecule has 3 heterocycles. The van der Waals surface area contributed by atoms with Crippen LogP contribution in [0, 0.1) is 19.7 Å². The molecule has 8 nitrogen and oxygen atoms in total. The summed E-state index contributed by atoms with van der Waals surface area (Å²) in [6.45, 7) is 7.04. The molecule has 1 aromatic carbocycles. The van der Waals surface area contributed by atoms with Crippen molar-refractivity contribution < 1.29 is 23.8 Å². The molecular formula is C23H27FN4O4. The minimum atomic E-state index is -0.884. The second kappa shape index (κ2) is 8.84. The van der Waals surface area contributed by atoms with E-state index in [9.17, 15) is 19.1 Å². The number of aliphatic hydroxyl groups is 1. The van der Waals surface area contributed by atoms with Crippen molar-refractivity contribution in [3.8, 4) is 0 Å². The van der Waals surface area contributed by atoms with Crippen LogP contribution in [0.3, 0.4) is 0 Å². The lowest BCUT2D eigenvalue weighted by atomic mass is 9.94. The summed E-state index contributed by atoms with van der Waals surface area (Å²) in [6.07, 6.45) is 0. The molecule has 1 amide bonds. The fraction of sp³-hybridized carbons (Fsp3) is 0.435. The first kappa shape index (κ1) is 22.2. The van der Waals surface area contributed by atoms with Gasteiger partial charge in [0.05, 0.1) is 36.1 Å². The Hall–Kier alpha value is -3.04. The molecule has 2 fully saturated rings. The van der Waals surface area contributed by atoms with Gasteiger partial charge in [0.15, 0.2) is 0 Å². The molecule has 1 atom stereocenters. The molecule has 1 aromatic heterocycles. The topological polar surface area (TPSA) is 87.9 Å². The van der Waals surface area contributed by atoms with Gasteiger partial charge in [-0.25, -0.2) is 4.39 Å². The number of benzene rings is 1. The van der Waals surface area contributed by atoms with Crippen LogP contribution in [0.5, 0.6) is 0 Å². The molecule has 2 saturated heterocycles. The summed E-state index contributed by atoms with van der Waals surface area (Å²) in [6, 6.07) is 4.92. The molecular weight excluding hydrogens is 415 g/mol. The van der Waals surface area contributed by atoms with Crippen molar-refractivity contribution in [1.82, 2.24) is 19.6 Å². The third-order valence-corrected chi connectivity index (χ3v) is 6.21. The van der Waals surface area contributed by atoms with Crippen LogP contribution < -0.4 is 0 Å². The van der Waals surface area contributed by atoms with E-state index in [0.717, 1.165) is 13.1 Å². The van der Waals surface area contributed by atoms with Gasteiger partial charge in [0.1, 0.15) is 11.6 Å². The van der Waals surface area contributed by atoms with E-state index in [2.05, 4.69) is 10.00 Å². The van der Waals surface area contributed by atoms with Crippen LogP contribution in [0.2, 0.25) is 0 Å². The first-order chi connectivity index (χ1) is 15.3. The molecule has 0 unspecified atom stereocenters. The number of rotatable bonds is 5. The van der Waals surface area contributed by atoms with E-state index >= 15 is 0 Å². The van der Waals surface area contributed by atoms with Gasteiger partial charge >= 0.3 is 0 Å². The predicted molar refractivity (Wildman–Crippen MR) is 115 cm³/mol. The largest absolute Gasteiger partial charge is 0.507 e. The number of carbonyl (C=O) groups excluding carboxylic acids is 2. The van der Waals surface area contributed by atoms with E-state index in [-0.39, 0.29) is 17.9 Å². The van der Waals surface area contributed by atoms with E-state index in [4.69, 9.17) is 4.74 Å². The van der Waals surface area contributed by atoms with Crippen molar-refractivity contribution >= 4 is 17.4 Å². The smallest absolute Gasteiger partial charge is 0.295 e. The molecule has 1 N–H and O–H groups in total. The highest BCUT2D eigenvalue weighted by molar-refractivity contribution is 6.46. The highest BCUT2D eigenvalue weighted by Crippen LogP contribution is 2.40. The van der Waals surface area contributed by atoms with Crippen molar-refractivity contribution in [1.29, 1.82) is 0 Å². The lowest BCUT2D eigenvalue weighted by molar-refractivity contribution is -0.140. The number of aryl methyl sites for hydroxylation is 2. The summed E-state index contributed by atoms with van der Waals surface area (Å²) in [7, 11) is 1.74. The number of aliphatic hydroxyl groups excluding tert-OH is 1. The van der Waals surface area contributed by atoms with Crippen LogP contribution in [0.4, 0.5) is 4.39 Å². The van der Waals surface area contributed by atoms with E-state index in [0.29, 0.717) is 42.3 Å². The number of aromatic nitrogens is 2. The summed E-state index contributed by atoms with van der Waals surface area (Å²) >= 11 is 0. The number of carbonyl (C=O) groups is 2. The maximum absolute atomic E-state index is 14.1. The lowest BCUT2D eigenvalue weighted by Crippen LogP contribution is -2.42. The first-order valence-electron chi connectivity index (χ1n) is 10.6. The van der Waals surface area contributed by atoms with Crippen LogP contribution in [-0.2, 0) is 21.4 Å². The van der Waals surface area contributed by atoms with Crippen molar-refractivity contribution in [3.63, 3.8) is 0 Å². The van der Waals surface area contributed by atoms with Crippen LogP contribution in [0.15, 0.2) is 29.8 Å². The minimum Gasteiger partial charge on any atom is -0.507 e. The molecule has 4 rings (SSSR count). The monoisotopic (exact) mass is 442 g/mol. The molecule has 9 heteroatoms. The number of ketones is 1. The number of Topliss-reactive ketones (excluding diaryl/α,β-unsaturated/α-hetero) is 1. The maximum Gasteiger partial charge on any atom is 0.295 e. The number of ether oxygens (including phenoxy) is 1. The number of hydrogen-bond donors (Lipinski definition) is 1. The Kier molecular flexibility index (Phi) is 6.12. The third kappa shape index (κ3) is 3.93. The highest BCUT2D eigenvalue weighted by atomic mass is 19.1. The zero-order valence-corrected chi connectivity index (χ0v) is 18.5. The molecule has 0 spiro atoms. The van der Waals surface area contributed by atoms with Crippen molar-refractivity contribution in [3.05, 3.63) is 58.2 Å². The molecule has 2 aliphatic rings. The predicted octanol–water partition coefficient (Wildman–Crippen LogP) is 1.93. The van der Waals surface area contributed by atoms with E-state index in [1.165, 1.54) is 23.1 Å². The number of likely N-dealkylation sites (tertiary alicyclic amines) is 1. The van der Waals surface area contributed by atoms with E-state index < -0.39 is 23.5 Å². The quantitative estimate of drug-likeness (QED) is 0.433. The number of morpholine rings is 1. The molecule has 0 saturated carbocycles. The Morgan fingerprint density at radius 2 is 1.94 bits per heavy atom. The molecule has 2 aliphatic heterocycles. The fourth-order valence-electron chi connectivity index (χ4n) is 4.46. The Morgan fingerprint density at radius 1 is 1.22 bits per heavy atom. The highest BCUT2D eigenvalue weighted by Gasteiger charge is 2.46. The second-order valence-corrected chi connectivity index (χ2v) is 8.17. The van der Waals surface area contributed by atoms with Crippen molar-refractivity contribution in [2.24, 2.45) is 7.05 Å². The Balaban J connectivity index is 1.79. The van der Waals surface area contributed by atoms with Gasteiger partial charge in [0.2, 0.25) is 0 Å². The van der Waals surface area contributed by atoms with Gasteiger partial charge in [-0.2, -0.15) is 5.10 Å². The zero-order chi connectivity index (χ0) is 23.0. The van der Waals surface area contributed by atoms with Gasteiger partial charge in [0.25, 0.3) is 11.7 Å².